The van der Waals surface area contributed by atoms with Crippen LogP contribution in [0.5, 0.6) is 17.2 Å². The van der Waals surface area contributed by atoms with Crippen LogP contribution in [0.2, 0.25) is 0 Å². The number of hydrogen-bond acceptors (Lipinski definition) is 4. The number of phenols is 1. The highest BCUT2D eigenvalue weighted by Crippen LogP contribution is 2.31. The molecule has 0 saturated heterocycles. The molecule has 2 aromatic rings. The third kappa shape index (κ3) is 9.74. The predicted molar refractivity (Wildman–Crippen MR) is 125 cm³/mol. The van der Waals surface area contributed by atoms with Gasteiger partial charge in [-0.2, -0.15) is 8.42 Å². The molecule has 2 rings (SSSR count). The van der Waals surface area contributed by atoms with E-state index in [0.717, 1.165) is 24.8 Å². The van der Waals surface area contributed by atoms with Gasteiger partial charge in [0.1, 0.15) is 22.1 Å². The highest BCUT2D eigenvalue weighted by atomic mass is 32.2. The smallest absolute Gasteiger partial charge is 0.298 e. The minimum atomic E-state index is -4.41. The molecule has 5 nitrogen and oxygen atoms in total. The van der Waals surface area contributed by atoms with Crippen molar-refractivity contribution in [2.24, 2.45) is 0 Å². The number of aromatic hydroxyl groups is 1. The van der Waals surface area contributed by atoms with E-state index in [4.69, 9.17) is 4.74 Å². The van der Waals surface area contributed by atoms with Gasteiger partial charge in [-0.3, -0.25) is 4.55 Å². The molecular weight excluding hydrogens is 412 g/mol. The van der Waals surface area contributed by atoms with Crippen LogP contribution in [0.4, 0.5) is 0 Å². The summed E-state index contributed by atoms with van der Waals surface area (Å²) in [6.45, 7) is 2.24. The van der Waals surface area contributed by atoms with Gasteiger partial charge >= 0.3 is 0 Å². The maximum absolute atomic E-state index is 11.8. The number of phenolic OH excluding ortho intramolecular Hbond substituents is 1. The maximum Gasteiger partial charge on any atom is 0.298 e. The monoisotopic (exact) mass is 448 g/mol. The largest absolute Gasteiger partial charge is 0.508 e. The average molecular weight is 449 g/mol. The molecule has 6 heteroatoms. The molecule has 2 N–H and O–H groups in total. The molecule has 0 aromatic heterocycles. The molecule has 0 aliphatic rings. The Kier molecular flexibility index (Phi) is 10.9. The molecule has 0 unspecified atom stereocenters. The van der Waals surface area contributed by atoms with Gasteiger partial charge in [-0.1, -0.05) is 77.2 Å². The van der Waals surface area contributed by atoms with E-state index in [9.17, 15) is 18.1 Å². The lowest BCUT2D eigenvalue weighted by atomic mass is 10.0. The van der Waals surface area contributed by atoms with Gasteiger partial charge in [0.25, 0.3) is 10.1 Å². The van der Waals surface area contributed by atoms with Crippen LogP contribution in [0.15, 0.2) is 47.4 Å². The Morgan fingerprint density at radius 2 is 1.32 bits per heavy atom. The van der Waals surface area contributed by atoms with E-state index >= 15 is 0 Å². The number of rotatable bonds is 15. The predicted octanol–water partition coefficient (Wildman–Crippen LogP) is 7.28. The third-order valence-corrected chi connectivity index (χ3v) is 6.29. The second kappa shape index (κ2) is 13.4. The topological polar surface area (TPSA) is 83.8 Å². The Hall–Kier alpha value is -2.05. The van der Waals surface area contributed by atoms with E-state index in [1.807, 2.05) is 6.07 Å². The van der Waals surface area contributed by atoms with Crippen molar-refractivity contribution in [1.29, 1.82) is 0 Å². The molecule has 0 amide bonds. The zero-order valence-electron chi connectivity index (χ0n) is 18.6. The molecular formula is C25H36O5S. The quantitative estimate of drug-likeness (QED) is 0.221. The fraction of sp³-hybridized carbons (Fsp3) is 0.520. The first-order valence-corrected chi connectivity index (χ1v) is 12.9. The second-order valence-electron chi connectivity index (χ2n) is 8.14. The minimum Gasteiger partial charge on any atom is -0.508 e. The maximum atomic E-state index is 11.8. The van der Waals surface area contributed by atoms with Crippen molar-refractivity contribution in [2.75, 3.05) is 0 Å². The summed E-state index contributed by atoms with van der Waals surface area (Å²) in [6, 6.07) is 10.9. The molecule has 0 bridgehead atoms. The second-order valence-corrected chi connectivity index (χ2v) is 9.53. The van der Waals surface area contributed by atoms with Crippen molar-refractivity contribution >= 4 is 10.1 Å². The third-order valence-electron chi connectivity index (χ3n) is 5.42. The number of unbranched alkanes of at least 4 members (excludes halogenated alkanes) is 10. The van der Waals surface area contributed by atoms with Crippen molar-refractivity contribution in [3.63, 3.8) is 0 Å². The van der Waals surface area contributed by atoms with Crippen LogP contribution in [0, 0.1) is 0 Å². The highest BCUT2D eigenvalue weighted by molar-refractivity contribution is 7.86. The van der Waals surface area contributed by atoms with Gasteiger partial charge in [-0.15, -0.1) is 0 Å². The van der Waals surface area contributed by atoms with Crippen LogP contribution in [0.25, 0.3) is 0 Å². The Bertz CT molecular complexity index is 875. The summed E-state index contributed by atoms with van der Waals surface area (Å²) in [5.41, 5.74) is 0.863. The molecule has 31 heavy (non-hydrogen) atoms. The molecule has 2 aromatic carbocycles. The molecule has 0 radical (unpaired) electrons. The zero-order valence-corrected chi connectivity index (χ0v) is 19.4. The van der Waals surface area contributed by atoms with Gasteiger partial charge in [0.15, 0.2) is 0 Å². The van der Waals surface area contributed by atoms with E-state index in [1.165, 1.54) is 88.1 Å². The van der Waals surface area contributed by atoms with Gasteiger partial charge in [0.2, 0.25) is 0 Å². The molecule has 0 heterocycles. The minimum absolute atomic E-state index is 0.0656. The molecule has 0 aliphatic carbocycles. The number of ether oxygens (including phenoxy) is 1. The first-order valence-electron chi connectivity index (χ1n) is 11.5. The molecule has 0 fully saturated rings. The first kappa shape index (κ1) is 25.2. The number of hydrogen-bond donors (Lipinski definition) is 2. The van der Waals surface area contributed by atoms with Crippen molar-refractivity contribution in [3.05, 3.63) is 48.0 Å². The van der Waals surface area contributed by atoms with E-state index in [2.05, 4.69) is 6.92 Å². The fourth-order valence-corrected chi connectivity index (χ4v) is 4.29. The Morgan fingerprint density at radius 1 is 0.774 bits per heavy atom. The van der Waals surface area contributed by atoms with Gasteiger partial charge in [-0.05, 0) is 54.8 Å². The van der Waals surface area contributed by atoms with E-state index in [0.29, 0.717) is 5.75 Å². The Labute approximate surface area is 187 Å². The lowest BCUT2D eigenvalue weighted by molar-refractivity contribution is 0.445. The average Bonchev–Trinajstić information content (AvgIpc) is 2.74. The first-order chi connectivity index (χ1) is 14.9. The normalized spacial score (nSPS) is 11.5. The molecule has 0 aliphatic heterocycles. The molecule has 172 valence electrons. The van der Waals surface area contributed by atoms with Crippen LogP contribution >= 0.6 is 0 Å². The highest BCUT2D eigenvalue weighted by Gasteiger charge is 2.18. The van der Waals surface area contributed by atoms with Crippen molar-refractivity contribution in [3.8, 4) is 17.2 Å². The zero-order chi connectivity index (χ0) is 22.5. The molecule has 0 saturated carbocycles. The molecule has 0 spiro atoms. The van der Waals surface area contributed by atoms with E-state index in [-0.39, 0.29) is 16.4 Å². The summed E-state index contributed by atoms with van der Waals surface area (Å²) in [7, 11) is -4.41. The van der Waals surface area contributed by atoms with Crippen molar-refractivity contribution in [1.82, 2.24) is 0 Å². The summed E-state index contributed by atoms with van der Waals surface area (Å²) >= 11 is 0. The van der Waals surface area contributed by atoms with Gasteiger partial charge in [-0.25, -0.2) is 0 Å². The van der Waals surface area contributed by atoms with Gasteiger partial charge in [0.05, 0.1) is 0 Å². The standard InChI is InChI=1S/C25H36O5S/c1-2-3-4-5-6-7-8-9-10-11-12-13-21-14-19-24(25(20-21)31(27,28)29)30-23-17-15-22(26)16-18-23/h14-20,26H,2-13H2,1H3,(H,27,28,29). The van der Waals surface area contributed by atoms with Crippen LogP contribution in [-0.4, -0.2) is 18.1 Å². The SMILES string of the molecule is CCCCCCCCCCCCCc1ccc(Oc2ccc(O)cc2)c(S(=O)(=O)O)c1. The van der Waals surface area contributed by atoms with E-state index < -0.39 is 10.1 Å². The van der Waals surface area contributed by atoms with Crippen LogP contribution in [0.3, 0.4) is 0 Å². The lowest BCUT2D eigenvalue weighted by Crippen LogP contribution is -2.02. The summed E-state index contributed by atoms with van der Waals surface area (Å²) < 4.78 is 38.9. The number of aryl methyl sites for hydroxylation is 1. The summed E-state index contributed by atoms with van der Waals surface area (Å²) in [6.07, 6.45) is 14.6. The van der Waals surface area contributed by atoms with Crippen LogP contribution in [-0.2, 0) is 16.5 Å². The Balaban J connectivity index is 1.78. The summed E-state index contributed by atoms with van der Waals surface area (Å²) in [4.78, 5) is -0.235. The Morgan fingerprint density at radius 3 is 1.87 bits per heavy atom. The number of benzene rings is 2. The van der Waals surface area contributed by atoms with Gasteiger partial charge < -0.3 is 9.84 Å². The van der Waals surface area contributed by atoms with Crippen molar-refractivity contribution < 1.29 is 22.8 Å². The van der Waals surface area contributed by atoms with Crippen LogP contribution in [0.1, 0.15) is 83.1 Å². The van der Waals surface area contributed by atoms with E-state index in [1.54, 1.807) is 6.07 Å². The molecule has 0 atom stereocenters. The summed E-state index contributed by atoms with van der Waals surface area (Å²) in [5, 5.41) is 9.35. The van der Waals surface area contributed by atoms with Crippen LogP contribution < -0.4 is 4.74 Å². The summed E-state index contributed by atoms with van der Waals surface area (Å²) in [5.74, 6) is 0.529. The lowest BCUT2D eigenvalue weighted by Gasteiger charge is -2.11. The van der Waals surface area contributed by atoms with Crippen molar-refractivity contribution in [2.45, 2.75) is 88.9 Å². The van der Waals surface area contributed by atoms with Gasteiger partial charge in [0, 0.05) is 0 Å². The fourth-order valence-electron chi connectivity index (χ4n) is 3.63.